The maximum Gasteiger partial charge on any atom is 0.266 e. The highest BCUT2D eigenvalue weighted by atomic mass is 35.5. The Hall–Kier alpha value is -3.69. The Morgan fingerprint density at radius 2 is 1.83 bits per heavy atom. The van der Waals surface area contributed by atoms with Crippen molar-refractivity contribution in [3.8, 4) is 11.8 Å². The minimum absolute atomic E-state index is 0.0872. The van der Waals surface area contributed by atoms with E-state index in [1.807, 2.05) is 6.07 Å². The lowest BCUT2D eigenvalue weighted by molar-refractivity contribution is -0.112. The fourth-order valence-corrected chi connectivity index (χ4v) is 2.77. The van der Waals surface area contributed by atoms with Gasteiger partial charge in [0.2, 0.25) is 0 Å². The van der Waals surface area contributed by atoms with Crippen molar-refractivity contribution in [2.24, 2.45) is 0 Å². The summed E-state index contributed by atoms with van der Waals surface area (Å²) in [5, 5.41) is 12.3. The van der Waals surface area contributed by atoms with E-state index < -0.39 is 11.7 Å². The van der Waals surface area contributed by atoms with Gasteiger partial charge >= 0.3 is 0 Å². The standard InChI is InChI=1S/C23H15ClF2N2O2/c24-18-4-9-22(30-14-15-2-1-3-20(26)10-15)16(12-18)11-17(13-27)23(29)28-21-7-5-19(25)6-8-21/h1-12H,14H2,(H,28,29)/b17-11+. The molecule has 7 heteroatoms. The normalized spacial score (nSPS) is 10.9. The second kappa shape index (κ2) is 9.68. The first kappa shape index (κ1) is 21.0. The number of carbonyl (C=O) groups excluding carboxylic acids is 1. The number of ether oxygens (including phenoxy) is 1. The largest absolute Gasteiger partial charge is 0.488 e. The Bertz CT molecular complexity index is 1140. The summed E-state index contributed by atoms with van der Waals surface area (Å²) >= 11 is 6.05. The molecular weight excluding hydrogens is 410 g/mol. The van der Waals surface area contributed by atoms with Crippen LogP contribution >= 0.6 is 11.6 Å². The molecule has 4 nitrogen and oxygen atoms in total. The summed E-state index contributed by atoms with van der Waals surface area (Å²) in [6, 6.07) is 17.7. The molecule has 0 atom stereocenters. The predicted molar refractivity (Wildman–Crippen MR) is 111 cm³/mol. The predicted octanol–water partition coefficient (Wildman–Crippen LogP) is 5.74. The summed E-state index contributed by atoms with van der Waals surface area (Å²) < 4.78 is 32.1. The number of nitrogens with zero attached hydrogens (tertiary/aromatic N) is 1. The summed E-state index contributed by atoms with van der Waals surface area (Å²) in [6.45, 7) is 0.0872. The molecular formula is C23H15ClF2N2O2. The second-order valence-electron chi connectivity index (χ2n) is 6.23. The van der Waals surface area contributed by atoms with Crippen LogP contribution in [-0.2, 0) is 11.4 Å². The van der Waals surface area contributed by atoms with E-state index in [1.165, 1.54) is 42.5 Å². The summed E-state index contributed by atoms with van der Waals surface area (Å²) in [5.74, 6) is -1.12. The number of halogens is 3. The van der Waals surface area contributed by atoms with Crippen LogP contribution in [0.1, 0.15) is 11.1 Å². The topological polar surface area (TPSA) is 62.1 Å². The Kier molecular flexibility index (Phi) is 6.79. The van der Waals surface area contributed by atoms with Crippen LogP contribution in [0.15, 0.2) is 72.3 Å². The highest BCUT2D eigenvalue weighted by Crippen LogP contribution is 2.26. The molecule has 0 fully saturated rings. The molecule has 0 saturated heterocycles. The Balaban J connectivity index is 1.82. The van der Waals surface area contributed by atoms with Gasteiger partial charge in [-0.05, 0) is 66.2 Å². The minimum atomic E-state index is -0.667. The third-order valence-electron chi connectivity index (χ3n) is 4.02. The van der Waals surface area contributed by atoms with Gasteiger partial charge in [0.1, 0.15) is 35.6 Å². The second-order valence-corrected chi connectivity index (χ2v) is 6.67. The Morgan fingerprint density at radius 1 is 1.07 bits per heavy atom. The number of nitrogens with one attached hydrogen (secondary N) is 1. The zero-order chi connectivity index (χ0) is 21.5. The van der Waals surface area contributed by atoms with Gasteiger partial charge in [-0.15, -0.1) is 0 Å². The third kappa shape index (κ3) is 5.66. The van der Waals surface area contributed by atoms with Crippen molar-refractivity contribution in [2.75, 3.05) is 5.32 Å². The van der Waals surface area contributed by atoms with Crippen molar-refractivity contribution in [1.82, 2.24) is 0 Å². The number of amides is 1. The summed E-state index contributed by atoms with van der Waals surface area (Å²) in [6.07, 6.45) is 1.34. The van der Waals surface area contributed by atoms with Gasteiger partial charge in [0, 0.05) is 16.3 Å². The molecule has 150 valence electrons. The quantitative estimate of drug-likeness (QED) is 0.405. The van der Waals surface area contributed by atoms with Crippen LogP contribution in [-0.4, -0.2) is 5.91 Å². The summed E-state index contributed by atoms with van der Waals surface area (Å²) in [4.78, 5) is 12.4. The van der Waals surface area contributed by atoms with Gasteiger partial charge < -0.3 is 10.1 Å². The lowest BCUT2D eigenvalue weighted by atomic mass is 10.1. The molecule has 0 aliphatic rings. The molecule has 0 unspecified atom stereocenters. The zero-order valence-electron chi connectivity index (χ0n) is 15.5. The van der Waals surface area contributed by atoms with Gasteiger partial charge in [0.25, 0.3) is 5.91 Å². The van der Waals surface area contributed by atoms with E-state index in [4.69, 9.17) is 16.3 Å². The van der Waals surface area contributed by atoms with Crippen LogP contribution in [0.25, 0.3) is 6.08 Å². The molecule has 3 aromatic rings. The highest BCUT2D eigenvalue weighted by Gasteiger charge is 2.12. The smallest absolute Gasteiger partial charge is 0.266 e. The van der Waals surface area contributed by atoms with Crippen LogP contribution in [0.2, 0.25) is 5.02 Å². The fraction of sp³-hybridized carbons (Fsp3) is 0.0435. The number of nitriles is 1. The van der Waals surface area contributed by atoms with Crippen molar-refractivity contribution in [2.45, 2.75) is 6.61 Å². The Labute approximate surface area is 177 Å². The molecule has 0 aromatic heterocycles. The summed E-state index contributed by atoms with van der Waals surface area (Å²) in [5.41, 5.74) is 1.17. The number of benzene rings is 3. The molecule has 30 heavy (non-hydrogen) atoms. The number of hydrogen-bond acceptors (Lipinski definition) is 3. The zero-order valence-corrected chi connectivity index (χ0v) is 16.3. The number of anilines is 1. The monoisotopic (exact) mass is 424 g/mol. The molecule has 0 spiro atoms. The number of hydrogen-bond donors (Lipinski definition) is 1. The lowest BCUT2D eigenvalue weighted by Crippen LogP contribution is -2.13. The van der Waals surface area contributed by atoms with Crippen molar-refractivity contribution in [1.29, 1.82) is 5.26 Å². The average Bonchev–Trinajstić information content (AvgIpc) is 2.73. The van der Waals surface area contributed by atoms with Gasteiger partial charge in [-0.3, -0.25) is 4.79 Å². The van der Waals surface area contributed by atoms with Gasteiger partial charge in [-0.1, -0.05) is 23.7 Å². The molecule has 0 heterocycles. The molecule has 0 aliphatic carbocycles. The van der Waals surface area contributed by atoms with E-state index >= 15 is 0 Å². The fourth-order valence-electron chi connectivity index (χ4n) is 2.59. The van der Waals surface area contributed by atoms with E-state index in [2.05, 4.69) is 5.32 Å². The van der Waals surface area contributed by atoms with E-state index in [-0.39, 0.29) is 18.0 Å². The van der Waals surface area contributed by atoms with E-state index in [9.17, 15) is 18.8 Å². The van der Waals surface area contributed by atoms with Gasteiger partial charge in [0.05, 0.1) is 0 Å². The Morgan fingerprint density at radius 3 is 2.53 bits per heavy atom. The van der Waals surface area contributed by atoms with Crippen LogP contribution < -0.4 is 10.1 Å². The SMILES string of the molecule is N#C/C(=C\c1cc(Cl)ccc1OCc1cccc(F)c1)C(=O)Nc1ccc(F)cc1. The van der Waals surface area contributed by atoms with Crippen LogP contribution in [0, 0.1) is 23.0 Å². The van der Waals surface area contributed by atoms with Gasteiger partial charge in [-0.2, -0.15) is 5.26 Å². The highest BCUT2D eigenvalue weighted by molar-refractivity contribution is 6.30. The van der Waals surface area contributed by atoms with Crippen molar-refractivity contribution < 1.29 is 18.3 Å². The van der Waals surface area contributed by atoms with Gasteiger partial charge in [-0.25, -0.2) is 8.78 Å². The van der Waals surface area contributed by atoms with Crippen molar-refractivity contribution in [3.63, 3.8) is 0 Å². The van der Waals surface area contributed by atoms with E-state index in [1.54, 1.807) is 30.3 Å². The van der Waals surface area contributed by atoms with Crippen LogP contribution in [0.4, 0.5) is 14.5 Å². The first-order valence-corrected chi connectivity index (χ1v) is 9.18. The first-order valence-electron chi connectivity index (χ1n) is 8.80. The maximum atomic E-state index is 13.3. The average molecular weight is 425 g/mol. The van der Waals surface area contributed by atoms with Crippen molar-refractivity contribution in [3.05, 3.63) is 100 Å². The number of carbonyl (C=O) groups is 1. The molecule has 0 aliphatic heterocycles. The number of rotatable bonds is 6. The van der Waals surface area contributed by atoms with Gasteiger partial charge in [0.15, 0.2) is 0 Å². The van der Waals surface area contributed by atoms with Crippen LogP contribution in [0.5, 0.6) is 5.75 Å². The maximum absolute atomic E-state index is 13.3. The van der Waals surface area contributed by atoms with Crippen molar-refractivity contribution >= 4 is 29.3 Å². The molecule has 1 amide bonds. The molecule has 0 bridgehead atoms. The van der Waals surface area contributed by atoms with E-state index in [0.717, 1.165) is 0 Å². The molecule has 0 radical (unpaired) electrons. The molecule has 1 N–H and O–H groups in total. The summed E-state index contributed by atoms with van der Waals surface area (Å²) in [7, 11) is 0. The first-order chi connectivity index (χ1) is 14.4. The lowest BCUT2D eigenvalue weighted by Gasteiger charge is -2.11. The third-order valence-corrected chi connectivity index (χ3v) is 4.26. The molecule has 3 rings (SSSR count). The van der Waals surface area contributed by atoms with Crippen LogP contribution in [0.3, 0.4) is 0 Å². The molecule has 0 saturated carbocycles. The minimum Gasteiger partial charge on any atom is -0.488 e. The molecule has 3 aromatic carbocycles. The van der Waals surface area contributed by atoms with E-state index in [0.29, 0.717) is 27.6 Å².